The van der Waals surface area contributed by atoms with Gasteiger partial charge in [-0.2, -0.15) is 11.8 Å². The van der Waals surface area contributed by atoms with Crippen LogP contribution in [0.4, 0.5) is 0 Å². The van der Waals surface area contributed by atoms with Crippen molar-refractivity contribution in [2.75, 3.05) is 6.26 Å². The zero-order valence-electron chi connectivity index (χ0n) is 13.2. The maximum absolute atomic E-state index is 11.4. The monoisotopic (exact) mass is 306 g/mol. The second kappa shape index (κ2) is 5.72. The summed E-state index contributed by atoms with van der Waals surface area (Å²) >= 11 is 1.80. The maximum atomic E-state index is 11.4. The summed E-state index contributed by atoms with van der Waals surface area (Å²) in [5, 5.41) is 9.80. The van der Waals surface area contributed by atoms with Gasteiger partial charge in [-0.25, -0.2) is 9.78 Å². The van der Waals surface area contributed by atoms with Crippen molar-refractivity contribution in [1.82, 2.24) is 9.55 Å². The molecule has 114 valence electrons. The van der Waals surface area contributed by atoms with Crippen molar-refractivity contribution in [3.05, 3.63) is 29.6 Å². The summed E-state index contributed by atoms with van der Waals surface area (Å²) in [5.41, 5.74) is 1.63. The zero-order chi connectivity index (χ0) is 15.8. The second-order valence-corrected chi connectivity index (χ2v) is 7.60. The Morgan fingerprint density at radius 3 is 2.62 bits per heavy atom. The smallest absolute Gasteiger partial charge is 0.337 e. The highest BCUT2D eigenvalue weighted by atomic mass is 32.2. The summed E-state index contributed by atoms with van der Waals surface area (Å²) in [6, 6.07) is 5.36. The Labute approximate surface area is 129 Å². The Bertz CT molecular complexity index is 671. The first-order valence-electron chi connectivity index (χ1n) is 7.01. The number of para-hydroxylation sites is 1. The predicted octanol–water partition coefficient (Wildman–Crippen LogP) is 3.78. The first kappa shape index (κ1) is 15.9. The topological polar surface area (TPSA) is 55.1 Å². The number of carboxylic acids is 1. The van der Waals surface area contributed by atoms with Crippen LogP contribution in [0.25, 0.3) is 11.0 Å². The molecule has 0 aliphatic rings. The molecule has 0 aliphatic carbocycles. The largest absolute Gasteiger partial charge is 0.478 e. The van der Waals surface area contributed by atoms with Gasteiger partial charge in [-0.15, -0.1) is 0 Å². The number of fused-ring (bicyclic) bond motifs is 1. The molecule has 0 aliphatic heterocycles. The van der Waals surface area contributed by atoms with Gasteiger partial charge in [0, 0.05) is 17.2 Å². The van der Waals surface area contributed by atoms with Crippen molar-refractivity contribution >= 4 is 28.8 Å². The molecule has 1 aromatic carbocycles. The SMILES string of the molecule is CSC(C)Cn1c(C(C)(C)C)nc2c(C(=O)O)cccc21. The molecule has 0 saturated heterocycles. The molecule has 1 aromatic heterocycles. The van der Waals surface area contributed by atoms with E-state index < -0.39 is 5.97 Å². The number of thioether (sulfide) groups is 1. The normalized spacial score (nSPS) is 13.6. The quantitative estimate of drug-likeness (QED) is 0.934. The van der Waals surface area contributed by atoms with Gasteiger partial charge in [0.05, 0.1) is 11.1 Å². The Balaban J connectivity index is 2.73. The number of imidazole rings is 1. The number of aromatic carboxylic acids is 1. The number of carbonyl (C=O) groups is 1. The number of hydrogen-bond donors (Lipinski definition) is 1. The lowest BCUT2D eigenvalue weighted by Gasteiger charge is -2.21. The van der Waals surface area contributed by atoms with Crippen LogP contribution in [0.5, 0.6) is 0 Å². The Morgan fingerprint density at radius 2 is 2.10 bits per heavy atom. The van der Waals surface area contributed by atoms with Crippen molar-refractivity contribution in [3.63, 3.8) is 0 Å². The summed E-state index contributed by atoms with van der Waals surface area (Å²) in [5.74, 6) is 0.00993. The fraction of sp³-hybridized carbons (Fsp3) is 0.500. The van der Waals surface area contributed by atoms with Gasteiger partial charge in [0.15, 0.2) is 0 Å². The molecule has 2 rings (SSSR count). The third kappa shape index (κ3) is 3.07. The van der Waals surface area contributed by atoms with Crippen LogP contribution in [-0.4, -0.2) is 32.1 Å². The van der Waals surface area contributed by atoms with E-state index in [9.17, 15) is 9.90 Å². The minimum absolute atomic E-state index is 0.132. The third-order valence-corrected chi connectivity index (χ3v) is 4.48. The van der Waals surface area contributed by atoms with Crippen molar-refractivity contribution in [3.8, 4) is 0 Å². The number of rotatable bonds is 4. The predicted molar refractivity (Wildman–Crippen MR) is 88.4 cm³/mol. The lowest BCUT2D eigenvalue weighted by Crippen LogP contribution is -2.21. The van der Waals surface area contributed by atoms with Crippen LogP contribution in [0.15, 0.2) is 18.2 Å². The molecule has 0 fully saturated rings. The van der Waals surface area contributed by atoms with Crippen LogP contribution in [0.3, 0.4) is 0 Å². The standard InChI is InChI=1S/C16H22N2O2S/c1-10(21-5)9-18-12-8-6-7-11(14(19)20)13(12)17-15(18)16(2,3)4/h6-8,10H,9H2,1-5H3,(H,19,20). The van der Waals surface area contributed by atoms with Crippen LogP contribution < -0.4 is 0 Å². The maximum Gasteiger partial charge on any atom is 0.337 e. The number of hydrogen-bond acceptors (Lipinski definition) is 3. The van der Waals surface area contributed by atoms with E-state index in [-0.39, 0.29) is 11.0 Å². The number of aromatic nitrogens is 2. The molecule has 4 nitrogen and oxygen atoms in total. The van der Waals surface area contributed by atoms with E-state index >= 15 is 0 Å². The second-order valence-electron chi connectivity index (χ2n) is 6.32. The van der Waals surface area contributed by atoms with E-state index in [1.807, 2.05) is 6.07 Å². The zero-order valence-corrected chi connectivity index (χ0v) is 14.0. The molecule has 0 radical (unpaired) electrons. The highest BCUT2D eigenvalue weighted by Crippen LogP contribution is 2.29. The lowest BCUT2D eigenvalue weighted by atomic mass is 9.95. The van der Waals surface area contributed by atoms with Gasteiger partial charge < -0.3 is 9.67 Å². The van der Waals surface area contributed by atoms with E-state index in [4.69, 9.17) is 0 Å². The van der Waals surface area contributed by atoms with E-state index in [0.717, 1.165) is 17.9 Å². The minimum Gasteiger partial charge on any atom is -0.478 e. The number of carboxylic acid groups (broad SMARTS) is 1. The molecule has 1 N–H and O–H groups in total. The summed E-state index contributed by atoms with van der Waals surface area (Å²) in [7, 11) is 0. The Morgan fingerprint density at radius 1 is 1.43 bits per heavy atom. The Kier molecular flexibility index (Phi) is 4.33. The summed E-state index contributed by atoms with van der Waals surface area (Å²) in [6.45, 7) is 9.32. The molecule has 0 spiro atoms. The van der Waals surface area contributed by atoms with Gasteiger partial charge >= 0.3 is 5.97 Å². The molecular formula is C16H22N2O2S. The van der Waals surface area contributed by atoms with Gasteiger partial charge in [-0.1, -0.05) is 33.8 Å². The fourth-order valence-corrected chi connectivity index (χ4v) is 2.71. The summed E-state index contributed by atoms with van der Waals surface area (Å²) in [6.07, 6.45) is 2.09. The van der Waals surface area contributed by atoms with Gasteiger partial charge in [-0.05, 0) is 18.4 Å². The Hall–Kier alpha value is -1.49. The van der Waals surface area contributed by atoms with Crippen LogP contribution in [0.2, 0.25) is 0 Å². The van der Waals surface area contributed by atoms with Crippen LogP contribution >= 0.6 is 11.8 Å². The van der Waals surface area contributed by atoms with E-state index in [2.05, 4.69) is 43.5 Å². The van der Waals surface area contributed by atoms with Crippen LogP contribution in [0.1, 0.15) is 43.9 Å². The fourth-order valence-electron chi connectivity index (χ4n) is 2.41. The molecule has 0 amide bonds. The van der Waals surface area contributed by atoms with Gasteiger partial charge in [0.25, 0.3) is 0 Å². The highest BCUT2D eigenvalue weighted by molar-refractivity contribution is 7.99. The van der Waals surface area contributed by atoms with Crippen LogP contribution in [0, 0.1) is 0 Å². The lowest BCUT2D eigenvalue weighted by molar-refractivity contribution is 0.0699. The van der Waals surface area contributed by atoms with E-state index in [1.165, 1.54) is 0 Å². The van der Waals surface area contributed by atoms with E-state index in [1.54, 1.807) is 23.9 Å². The molecule has 5 heteroatoms. The molecule has 2 aromatic rings. The molecule has 1 atom stereocenters. The van der Waals surface area contributed by atoms with Crippen LogP contribution in [-0.2, 0) is 12.0 Å². The molecular weight excluding hydrogens is 284 g/mol. The molecule has 0 bridgehead atoms. The van der Waals surface area contributed by atoms with Crippen molar-refractivity contribution < 1.29 is 9.90 Å². The highest BCUT2D eigenvalue weighted by Gasteiger charge is 2.25. The first-order chi connectivity index (χ1) is 9.75. The summed E-state index contributed by atoms with van der Waals surface area (Å²) < 4.78 is 2.17. The average Bonchev–Trinajstić information content (AvgIpc) is 2.77. The van der Waals surface area contributed by atoms with Crippen molar-refractivity contribution in [2.24, 2.45) is 0 Å². The molecule has 1 heterocycles. The number of nitrogens with zero attached hydrogens (tertiary/aromatic N) is 2. The summed E-state index contributed by atoms with van der Waals surface area (Å²) in [4.78, 5) is 16.1. The van der Waals surface area contributed by atoms with Crippen molar-refractivity contribution in [1.29, 1.82) is 0 Å². The molecule has 21 heavy (non-hydrogen) atoms. The van der Waals surface area contributed by atoms with E-state index in [0.29, 0.717) is 10.8 Å². The van der Waals surface area contributed by atoms with Gasteiger partial charge in [-0.3, -0.25) is 0 Å². The molecule has 0 saturated carbocycles. The van der Waals surface area contributed by atoms with Crippen molar-refractivity contribution in [2.45, 2.75) is 44.9 Å². The first-order valence-corrected chi connectivity index (χ1v) is 8.30. The third-order valence-electron chi connectivity index (χ3n) is 3.52. The van der Waals surface area contributed by atoms with Gasteiger partial charge in [0.2, 0.25) is 0 Å². The molecule has 1 unspecified atom stereocenters. The number of benzene rings is 1. The minimum atomic E-state index is -0.927. The van der Waals surface area contributed by atoms with Gasteiger partial charge in [0.1, 0.15) is 11.3 Å². The average molecular weight is 306 g/mol.